The fourth-order valence-corrected chi connectivity index (χ4v) is 4.78. The van der Waals surface area contributed by atoms with Gasteiger partial charge in [0.1, 0.15) is 5.75 Å². The van der Waals surface area contributed by atoms with Crippen molar-refractivity contribution in [2.75, 3.05) is 39.4 Å². The lowest BCUT2D eigenvalue weighted by atomic mass is 10.2. The molecular formula is C23H28N2O6S. The van der Waals surface area contributed by atoms with Crippen molar-refractivity contribution in [3.63, 3.8) is 0 Å². The molecule has 8 nitrogen and oxygen atoms in total. The first-order valence-electron chi connectivity index (χ1n) is 10.7. The Kier molecular flexibility index (Phi) is 7.87. The largest absolute Gasteiger partial charge is 0.494 e. The van der Waals surface area contributed by atoms with Gasteiger partial charge in [0.25, 0.3) is 5.91 Å². The molecule has 0 radical (unpaired) electrons. The molecule has 32 heavy (non-hydrogen) atoms. The summed E-state index contributed by atoms with van der Waals surface area (Å²) in [5.74, 6) is 0.0877. The van der Waals surface area contributed by atoms with Gasteiger partial charge >= 0.3 is 5.97 Å². The van der Waals surface area contributed by atoms with Gasteiger partial charge in [0.2, 0.25) is 10.0 Å². The van der Waals surface area contributed by atoms with Crippen LogP contribution in [0.25, 0.3) is 0 Å². The fraction of sp³-hybridized carbons (Fsp3) is 0.391. The maximum Gasteiger partial charge on any atom is 0.338 e. The lowest BCUT2D eigenvalue weighted by Crippen LogP contribution is -2.50. The van der Waals surface area contributed by atoms with Crippen molar-refractivity contribution in [3.8, 4) is 5.75 Å². The Hall–Kier alpha value is -2.91. The molecule has 1 saturated heterocycles. The first-order chi connectivity index (χ1) is 15.4. The Morgan fingerprint density at radius 3 is 2.03 bits per heavy atom. The normalized spacial score (nSPS) is 14.8. The van der Waals surface area contributed by atoms with Gasteiger partial charge < -0.3 is 14.4 Å². The van der Waals surface area contributed by atoms with E-state index in [2.05, 4.69) is 0 Å². The average Bonchev–Trinajstić information content (AvgIpc) is 2.83. The highest BCUT2D eigenvalue weighted by Crippen LogP contribution is 2.20. The minimum Gasteiger partial charge on any atom is -0.494 e. The Bertz CT molecular complexity index is 1030. The second-order valence-corrected chi connectivity index (χ2v) is 9.25. The van der Waals surface area contributed by atoms with Crippen LogP contribution in [0.1, 0.15) is 41.0 Å². The number of hydrogen-bond donors (Lipinski definition) is 0. The number of carbonyl (C=O) groups is 2. The predicted molar refractivity (Wildman–Crippen MR) is 119 cm³/mol. The topological polar surface area (TPSA) is 93.2 Å². The molecule has 0 N–H and O–H groups in total. The molecule has 0 unspecified atom stereocenters. The number of hydrogen-bond acceptors (Lipinski definition) is 6. The van der Waals surface area contributed by atoms with E-state index >= 15 is 0 Å². The number of piperazine rings is 1. The van der Waals surface area contributed by atoms with E-state index in [4.69, 9.17) is 9.47 Å². The third-order valence-corrected chi connectivity index (χ3v) is 7.02. The zero-order chi connectivity index (χ0) is 23.1. The number of amides is 1. The summed E-state index contributed by atoms with van der Waals surface area (Å²) in [5.41, 5.74) is 0.840. The first kappa shape index (κ1) is 23.7. The van der Waals surface area contributed by atoms with Crippen molar-refractivity contribution in [2.45, 2.75) is 25.2 Å². The van der Waals surface area contributed by atoms with E-state index in [1.165, 1.54) is 28.6 Å². The molecule has 0 aliphatic carbocycles. The molecule has 1 amide bonds. The van der Waals surface area contributed by atoms with Crippen LogP contribution >= 0.6 is 0 Å². The van der Waals surface area contributed by atoms with Crippen LogP contribution in [-0.4, -0.2) is 68.9 Å². The van der Waals surface area contributed by atoms with Crippen LogP contribution in [0.5, 0.6) is 5.75 Å². The lowest BCUT2D eigenvalue weighted by molar-refractivity contribution is 0.0526. The quantitative estimate of drug-likeness (QED) is 0.563. The molecule has 3 rings (SSSR count). The maximum atomic E-state index is 13.0. The van der Waals surface area contributed by atoms with E-state index in [1.807, 2.05) is 6.92 Å². The minimum absolute atomic E-state index is 0.105. The summed E-state index contributed by atoms with van der Waals surface area (Å²) in [5, 5.41) is 0. The number of rotatable bonds is 8. The van der Waals surface area contributed by atoms with Gasteiger partial charge in [-0.15, -0.1) is 0 Å². The van der Waals surface area contributed by atoms with Crippen molar-refractivity contribution in [1.29, 1.82) is 0 Å². The summed E-state index contributed by atoms with van der Waals surface area (Å²) in [7, 11) is -3.72. The van der Waals surface area contributed by atoms with Crippen molar-refractivity contribution in [2.24, 2.45) is 0 Å². The fourth-order valence-electron chi connectivity index (χ4n) is 3.35. The van der Waals surface area contributed by atoms with Crippen LogP contribution in [0.2, 0.25) is 0 Å². The first-order valence-corrected chi connectivity index (χ1v) is 12.1. The Balaban J connectivity index is 1.60. The highest BCUT2D eigenvalue weighted by molar-refractivity contribution is 7.89. The van der Waals surface area contributed by atoms with Gasteiger partial charge in [0, 0.05) is 31.7 Å². The molecule has 172 valence electrons. The standard InChI is InChI=1S/C23H28N2O6S/c1-3-17-31-20-9-5-18(6-10-20)22(26)24-13-15-25(16-14-24)32(28,29)21-11-7-19(8-12-21)23(27)30-4-2/h5-12H,3-4,13-17H2,1-2H3. The van der Waals surface area contributed by atoms with Crippen molar-refractivity contribution in [1.82, 2.24) is 9.21 Å². The number of esters is 1. The lowest BCUT2D eigenvalue weighted by Gasteiger charge is -2.34. The maximum absolute atomic E-state index is 13.0. The van der Waals surface area contributed by atoms with Crippen LogP contribution < -0.4 is 4.74 Å². The van der Waals surface area contributed by atoms with Gasteiger partial charge in [-0.25, -0.2) is 13.2 Å². The predicted octanol–water partition coefficient (Wildman–Crippen LogP) is 2.80. The van der Waals surface area contributed by atoms with Gasteiger partial charge in [-0.2, -0.15) is 4.31 Å². The van der Waals surface area contributed by atoms with E-state index in [0.717, 1.165) is 6.42 Å². The van der Waals surface area contributed by atoms with Gasteiger partial charge in [0.15, 0.2) is 0 Å². The van der Waals surface area contributed by atoms with Crippen LogP contribution in [0.15, 0.2) is 53.4 Å². The molecule has 1 fully saturated rings. The molecular weight excluding hydrogens is 432 g/mol. The van der Waals surface area contributed by atoms with Crippen molar-refractivity contribution < 1.29 is 27.5 Å². The number of benzene rings is 2. The van der Waals surface area contributed by atoms with Crippen LogP contribution in [0.3, 0.4) is 0 Å². The van der Waals surface area contributed by atoms with E-state index in [0.29, 0.717) is 36.6 Å². The number of nitrogens with zero attached hydrogens (tertiary/aromatic N) is 2. The second kappa shape index (κ2) is 10.6. The van der Waals surface area contributed by atoms with Crippen LogP contribution in [0, 0.1) is 0 Å². The molecule has 0 spiro atoms. The molecule has 1 heterocycles. The second-order valence-electron chi connectivity index (χ2n) is 7.31. The van der Waals surface area contributed by atoms with E-state index in [1.54, 1.807) is 36.1 Å². The molecule has 1 aliphatic rings. The van der Waals surface area contributed by atoms with Gasteiger partial charge in [-0.1, -0.05) is 6.92 Å². The minimum atomic E-state index is -3.72. The van der Waals surface area contributed by atoms with Crippen LogP contribution in [0.4, 0.5) is 0 Å². The summed E-state index contributed by atoms with van der Waals surface area (Å²) in [6.45, 7) is 5.60. The molecule has 0 aromatic heterocycles. The number of carbonyl (C=O) groups excluding carboxylic acids is 2. The zero-order valence-electron chi connectivity index (χ0n) is 18.3. The van der Waals surface area contributed by atoms with Crippen LogP contribution in [-0.2, 0) is 14.8 Å². The number of ether oxygens (including phenoxy) is 2. The molecule has 2 aromatic rings. The molecule has 0 atom stereocenters. The molecule has 1 aliphatic heterocycles. The van der Waals surface area contributed by atoms with E-state index in [-0.39, 0.29) is 30.5 Å². The average molecular weight is 461 g/mol. The molecule has 0 saturated carbocycles. The Labute approximate surface area is 188 Å². The summed E-state index contributed by atoms with van der Waals surface area (Å²) in [4.78, 5) is 26.3. The Morgan fingerprint density at radius 1 is 0.875 bits per heavy atom. The summed E-state index contributed by atoms with van der Waals surface area (Å²) >= 11 is 0. The smallest absolute Gasteiger partial charge is 0.338 e. The highest BCUT2D eigenvalue weighted by Gasteiger charge is 2.30. The highest BCUT2D eigenvalue weighted by atomic mass is 32.2. The Morgan fingerprint density at radius 2 is 1.47 bits per heavy atom. The summed E-state index contributed by atoms with van der Waals surface area (Å²) in [6.07, 6.45) is 0.906. The third kappa shape index (κ3) is 5.46. The van der Waals surface area contributed by atoms with Crippen molar-refractivity contribution >= 4 is 21.9 Å². The van der Waals surface area contributed by atoms with Gasteiger partial charge in [-0.05, 0) is 61.9 Å². The SMILES string of the molecule is CCCOc1ccc(C(=O)N2CCN(S(=O)(=O)c3ccc(C(=O)OCC)cc3)CC2)cc1. The molecule has 0 bridgehead atoms. The molecule has 2 aromatic carbocycles. The van der Waals surface area contributed by atoms with Crippen molar-refractivity contribution in [3.05, 3.63) is 59.7 Å². The zero-order valence-corrected chi connectivity index (χ0v) is 19.1. The van der Waals surface area contributed by atoms with Gasteiger partial charge in [0.05, 0.1) is 23.7 Å². The van der Waals surface area contributed by atoms with Gasteiger partial charge in [-0.3, -0.25) is 4.79 Å². The number of sulfonamides is 1. The van der Waals surface area contributed by atoms with E-state index in [9.17, 15) is 18.0 Å². The summed E-state index contributed by atoms with van der Waals surface area (Å²) < 4.78 is 37.7. The van der Waals surface area contributed by atoms with E-state index < -0.39 is 16.0 Å². The monoisotopic (exact) mass is 460 g/mol. The molecule has 9 heteroatoms. The summed E-state index contributed by atoms with van der Waals surface area (Å²) in [6, 6.07) is 12.7. The third-order valence-electron chi connectivity index (χ3n) is 5.10.